The monoisotopic (exact) mass is 353 g/mol. The third kappa shape index (κ3) is 3.44. The third-order valence-electron chi connectivity index (χ3n) is 5.39. The van der Waals surface area contributed by atoms with Crippen LogP contribution >= 0.6 is 0 Å². The molecule has 1 fully saturated rings. The van der Waals surface area contributed by atoms with E-state index in [1.165, 1.54) is 11.1 Å². The van der Waals surface area contributed by atoms with Crippen molar-refractivity contribution in [2.45, 2.75) is 51.9 Å². The molecule has 1 atom stereocenters. The maximum absolute atomic E-state index is 7.04. The zero-order chi connectivity index (χ0) is 18.8. The molecule has 0 radical (unpaired) electrons. The number of hydrogen-bond acceptors (Lipinski definition) is 3. The molecule has 2 aromatic rings. The summed E-state index contributed by atoms with van der Waals surface area (Å²) in [6.45, 7) is 12.3. The van der Waals surface area contributed by atoms with Crippen molar-refractivity contribution in [3.8, 4) is 0 Å². The molecule has 0 spiro atoms. The van der Waals surface area contributed by atoms with E-state index in [2.05, 4.69) is 101 Å². The number of benzene rings is 2. The first-order chi connectivity index (χ1) is 12.3. The first-order valence-corrected chi connectivity index (χ1v) is 9.41. The van der Waals surface area contributed by atoms with Gasteiger partial charge in [0.15, 0.2) is 0 Å². The molecule has 3 heteroatoms. The normalized spacial score (nSPS) is 20.7. The van der Waals surface area contributed by atoms with Gasteiger partial charge in [0.1, 0.15) is 11.7 Å². The minimum absolute atomic E-state index is 0.0733. The molecule has 0 aromatic heterocycles. The Morgan fingerprint density at radius 1 is 0.923 bits per heavy atom. The zero-order valence-electron chi connectivity index (χ0n) is 16.6. The van der Waals surface area contributed by atoms with Crippen LogP contribution in [0.1, 0.15) is 45.7 Å². The summed E-state index contributed by atoms with van der Waals surface area (Å²) in [7, 11) is 0. The van der Waals surface area contributed by atoms with E-state index in [0.29, 0.717) is 6.73 Å². The van der Waals surface area contributed by atoms with Crippen LogP contribution < -0.4 is 5.32 Å². The second-order valence-corrected chi connectivity index (χ2v) is 8.62. The van der Waals surface area contributed by atoms with Gasteiger partial charge in [-0.3, -0.25) is 5.32 Å². The molecule has 1 heterocycles. The van der Waals surface area contributed by atoms with Crippen molar-refractivity contribution >= 4 is 0 Å². The molecule has 0 saturated carbocycles. The first-order valence-electron chi connectivity index (χ1n) is 9.41. The summed E-state index contributed by atoms with van der Waals surface area (Å²) in [5, 5.41) is 3.32. The lowest BCUT2D eigenvalue weighted by Crippen LogP contribution is -2.58. The van der Waals surface area contributed by atoms with Gasteiger partial charge in [-0.05, 0) is 30.4 Å². The number of ether oxygens (including phenoxy) is 2. The fraction of sp³-hybridized carbons (Fsp3) is 0.478. The van der Waals surface area contributed by atoms with Gasteiger partial charge < -0.3 is 9.47 Å². The Labute approximate surface area is 157 Å². The van der Waals surface area contributed by atoms with Crippen molar-refractivity contribution in [3.63, 3.8) is 0 Å². The van der Waals surface area contributed by atoms with Gasteiger partial charge in [-0.2, -0.15) is 0 Å². The molecule has 1 aliphatic heterocycles. The molecule has 3 nitrogen and oxygen atoms in total. The molecule has 0 bridgehead atoms. The van der Waals surface area contributed by atoms with E-state index >= 15 is 0 Å². The van der Waals surface area contributed by atoms with Gasteiger partial charge in [0.2, 0.25) is 0 Å². The Hall–Kier alpha value is -1.68. The fourth-order valence-corrected chi connectivity index (χ4v) is 3.85. The minimum Gasteiger partial charge on any atom is -0.358 e. The molecule has 0 amide bonds. The van der Waals surface area contributed by atoms with E-state index in [-0.39, 0.29) is 17.1 Å². The van der Waals surface area contributed by atoms with Crippen molar-refractivity contribution in [2.24, 2.45) is 5.41 Å². The van der Waals surface area contributed by atoms with Crippen molar-refractivity contribution in [1.29, 1.82) is 0 Å². The lowest BCUT2D eigenvalue weighted by Gasteiger charge is -2.51. The molecule has 2 aromatic carbocycles. The Morgan fingerprint density at radius 3 is 1.85 bits per heavy atom. The highest BCUT2D eigenvalue weighted by molar-refractivity contribution is 5.39. The molecule has 1 aliphatic rings. The quantitative estimate of drug-likeness (QED) is 0.863. The van der Waals surface area contributed by atoms with Crippen LogP contribution in [-0.4, -0.2) is 25.0 Å². The number of hydrogen-bond donors (Lipinski definition) is 1. The molecular weight excluding hydrogens is 322 g/mol. The van der Waals surface area contributed by atoms with Crippen molar-refractivity contribution in [2.75, 3.05) is 13.3 Å². The smallest absolute Gasteiger partial charge is 0.123 e. The number of nitrogens with one attached hydrogen (secondary N) is 1. The summed E-state index contributed by atoms with van der Waals surface area (Å²) >= 11 is 0. The summed E-state index contributed by atoms with van der Waals surface area (Å²) < 4.78 is 13.0. The molecule has 140 valence electrons. The van der Waals surface area contributed by atoms with Crippen molar-refractivity contribution in [3.05, 3.63) is 71.8 Å². The molecule has 3 rings (SSSR count). The summed E-state index contributed by atoms with van der Waals surface area (Å²) in [6, 6.07) is 21.1. The topological polar surface area (TPSA) is 30.5 Å². The molecule has 26 heavy (non-hydrogen) atoms. The molecule has 0 aliphatic carbocycles. The van der Waals surface area contributed by atoms with Crippen LogP contribution in [0.4, 0.5) is 0 Å². The Bertz CT molecular complexity index is 664. The predicted octanol–water partition coefficient (Wildman–Crippen LogP) is 4.72. The first kappa shape index (κ1) is 19.1. The van der Waals surface area contributed by atoms with Crippen LogP contribution in [0, 0.1) is 5.41 Å². The fourth-order valence-electron chi connectivity index (χ4n) is 3.85. The SMILES string of the molecule is CC1(C)OCNCC1OC(c1ccccc1)(c1ccccc1)C(C)(C)C. The Balaban J connectivity index is 2.18. The van der Waals surface area contributed by atoms with Gasteiger partial charge in [0.05, 0.1) is 12.3 Å². The van der Waals surface area contributed by atoms with E-state index in [9.17, 15) is 0 Å². The van der Waals surface area contributed by atoms with Gasteiger partial charge in [-0.25, -0.2) is 0 Å². The molecular formula is C23H31NO2. The lowest BCUT2D eigenvalue weighted by molar-refractivity contribution is -0.220. The van der Waals surface area contributed by atoms with Crippen LogP contribution in [-0.2, 0) is 15.1 Å². The zero-order valence-corrected chi connectivity index (χ0v) is 16.6. The van der Waals surface area contributed by atoms with E-state index < -0.39 is 5.60 Å². The average Bonchev–Trinajstić information content (AvgIpc) is 2.61. The number of rotatable bonds is 4. The summed E-state index contributed by atoms with van der Waals surface area (Å²) in [4.78, 5) is 0. The van der Waals surface area contributed by atoms with Gasteiger partial charge in [-0.1, -0.05) is 81.4 Å². The van der Waals surface area contributed by atoms with Crippen molar-refractivity contribution in [1.82, 2.24) is 5.32 Å². The largest absolute Gasteiger partial charge is 0.358 e. The standard InChI is InChI=1S/C23H31NO2/c1-21(2,3)23(18-12-8-6-9-13-18,19-14-10-7-11-15-19)26-20-16-24-17-25-22(20,4)5/h6-15,20,24H,16-17H2,1-5H3. The maximum atomic E-state index is 7.04. The van der Waals surface area contributed by atoms with Crippen LogP contribution in [0.2, 0.25) is 0 Å². The highest BCUT2D eigenvalue weighted by atomic mass is 16.6. The molecule has 1 saturated heterocycles. The maximum Gasteiger partial charge on any atom is 0.123 e. The lowest BCUT2D eigenvalue weighted by atomic mass is 9.67. The highest BCUT2D eigenvalue weighted by Crippen LogP contribution is 2.49. The Morgan fingerprint density at radius 2 is 1.42 bits per heavy atom. The van der Waals surface area contributed by atoms with Crippen LogP contribution in [0.3, 0.4) is 0 Å². The Kier molecular flexibility index (Phi) is 5.25. The van der Waals surface area contributed by atoms with Crippen LogP contribution in [0.15, 0.2) is 60.7 Å². The predicted molar refractivity (Wildman–Crippen MR) is 106 cm³/mol. The van der Waals surface area contributed by atoms with Gasteiger partial charge in [0.25, 0.3) is 0 Å². The second-order valence-electron chi connectivity index (χ2n) is 8.62. The van der Waals surface area contributed by atoms with Gasteiger partial charge >= 0.3 is 0 Å². The van der Waals surface area contributed by atoms with Crippen molar-refractivity contribution < 1.29 is 9.47 Å². The van der Waals surface area contributed by atoms with E-state index in [0.717, 1.165) is 6.54 Å². The molecule has 1 N–H and O–H groups in total. The van der Waals surface area contributed by atoms with E-state index in [1.54, 1.807) is 0 Å². The minimum atomic E-state index is -0.583. The molecule has 1 unspecified atom stereocenters. The second kappa shape index (κ2) is 7.15. The van der Waals surface area contributed by atoms with E-state index in [1.807, 2.05) is 0 Å². The van der Waals surface area contributed by atoms with E-state index in [4.69, 9.17) is 9.47 Å². The average molecular weight is 354 g/mol. The summed E-state index contributed by atoms with van der Waals surface area (Å²) in [5.41, 5.74) is 1.23. The summed E-state index contributed by atoms with van der Waals surface area (Å²) in [5.74, 6) is 0. The highest BCUT2D eigenvalue weighted by Gasteiger charge is 2.50. The van der Waals surface area contributed by atoms with Crippen LogP contribution in [0.25, 0.3) is 0 Å². The van der Waals surface area contributed by atoms with Gasteiger partial charge in [-0.15, -0.1) is 0 Å². The van der Waals surface area contributed by atoms with Crippen LogP contribution in [0.5, 0.6) is 0 Å². The summed E-state index contributed by atoms with van der Waals surface area (Å²) in [6.07, 6.45) is -0.0733. The van der Waals surface area contributed by atoms with Gasteiger partial charge in [0, 0.05) is 6.54 Å². The third-order valence-corrected chi connectivity index (χ3v) is 5.39.